The summed E-state index contributed by atoms with van der Waals surface area (Å²) in [5, 5.41) is 11.3. The number of guanidine groups is 1. The first kappa shape index (κ1) is 18.8. The summed E-state index contributed by atoms with van der Waals surface area (Å²) in [5.74, 6) is 2.12. The van der Waals surface area contributed by atoms with Crippen LogP contribution in [0.4, 0.5) is 0 Å². The molecule has 0 aliphatic carbocycles. The second-order valence-electron chi connectivity index (χ2n) is 4.56. The molecule has 0 aliphatic heterocycles. The Bertz CT molecular complexity index is 597. The fraction of sp³-hybridized carbons (Fsp3) is 0.538. The smallest absolute Gasteiger partial charge is 0.226 e. The van der Waals surface area contributed by atoms with Crippen molar-refractivity contribution in [2.45, 2.75) is 33.2 Å². The number of aliphatic imine (C=N–C) groups is 1. The van der Waals surface area contributed by atoms with Crippen LogP contribution in [0, 0.1) is 13.8 Å². The van der Waals surface area contributed by atoms with Gasteiger partial charge in [-0.05, 0) is 20.3 Å². The quantitative estimate of drug-likeness (QED) is 0.312. The molecule has 9 heteroatoms. The fourth-order valence-electron chi connectivity index (χ4n) is 1.75. The number of nitrogens with zero attached hydrogens (tertiary/aromatic N) is 4. The molecule has 0 saturated heterocycles. The Kier molecular flexibility index (Phi) is 8.31. The second-order valence-corrected chi connectivity index (χ2v) is 5.88. The molecule has 2 N–H and O–H groups in total. The van der Waals surface area contributed by atoms with E-state index in [1.54, 1.807) is 18.4 Å². The SMILES string of the molecule is CN=C(NCCCc1nc(C)no1)NCc1ncc(C)s1.I. The molecule has 2 aromatic rings. The lowest BCUT2D eigenvalue weighted by atomic mass is 10.3. The molecule has 22 heavy (non-hydrogen) atoms. The van der Waals surface area contributed by atoms with E-state index in [1.807, 2.05) is 20.0 Å². The third kappa shape index (κ3) is 6.26. The Morgan fingerprint density at radius 1 is 1.36 bits per heavy atom. The number of aryl methyl sites for hydroxylation is 3. The van der Waals surface area contributed by atoms with E-state index in [1.165, 1.54) is 4.88 Å². The summed E-state index contributed by atoms with van der Waals surface area (Å²) in [6, 6.07) is 0. The lowest BCUT2D eigenvalue weighted by Crippen LogP contribution is -2.37. The normalized spacial score (nSPS) is 11.1. The molecular formula is C13H21IN6OS. The fourth-order valence-corrected chi connectivity index (χ4v) is 2.48. The summed E-state index contributed by atoms with van der Waals surface area (Å²) < 4.78 is 5.06. The first-order valence-corrected chi connectivity index (χ1v) is 7.64. The van der Waals surface area contributed by atoms with Gasteiger partial charge in [0.1, 0.15) is 5.01 Å². The van der Waals surface area contributed by atoms with Gasteiger partial charge in [-0.25, -0.2) is 4.98 Å². The highest BCUT2D eigenvalue weighted by molar-refractivity contribution is 14.0. The topological polar surface area (TPSA) is 88.2 Å². The molecule has 0 unspecified atom stereocenters. The van der Waals surface area contributed by atoms with Crippen molar-refractivity contribution in [1.82, 2.24) is 25.8 Å². The van der Waals surface area contributed by atoms with Gasteiger partial charge < -0.3 is 15.2 Å². The van der Waals surface area contributed by atoms with E-state index in [0.29, 0.717) is 18.3 Å². The van der Waals surface area contributed by atoms with Gasteiger partial charge in [0, 0.05) is 31.1 Å². The van der Waals surface area contributed by atoms with Crippen LogP contribution in [0.5, 0.6) is 0 Å². The van der Waals surface area contributed by atoms with Crippen molar-refractivity contribution < 1.29 is 4.52 Å². The number of thiazole rings is 1. The third-order valence-corrected chi connectivity index (χ3v) is 3.64. The molecule has 0 saturated carbocycles. The Morgan fingerprint density at radius 3 is 2.77 bits per heavy atom. The Labute approximate surface area is 151 Å². The summed E-state index contributed by atoms with van der Waals surface area (Å²) in [6.07, 6.45) is 3.54. The average molecular weight is 436 g/mol. The average Bonchev–Trinajstić information content (AvgIpc) is 3.07. The number of aromatic nitrogens is 3. The monoisotopic (exact) mass is 436 g/mol. The van der Waals surface area contributed by atoms with Crippen LogP contribution in [-0.2, 0) is 13.0 Å². The lowest BCUT2D eigenvalue weighted by molar-refractivity contribution is 0.372. The Morgan fingerprint density at radius 2 is 2.18 bits per heavy atom. The van der Waals surface area contributed by atoms with Crippen molar-refractivity contribution in [3.63, 3.8) is 0 Å². The summed E-state index contributed by atoms with van der Waals surface area (Å²) in [6.45, 7) is 5.34. The van der Waals surface area contributed by atoms with E-state index in [2.05, 4.69) is 30.8 Å². The Hall–Kier alpha value is -1.23. The maximum atomic E-state index is 5.06. The van der Waals surface area contributed by atoms with E-state index in [4.69, 9.17) is 4.52 Å². The van der Waals surface area contributed by atoms with Gasteiger partial charge in [0.2, 0.25) is 5.89 Å². The summed E-state index contributed by atoms with van der Waals surface area (Å²) >= 11 is 1.68. The van der Waals surface area contributed by atoms with Crippen molar-refractivity contribution in [1.29, 1.82) is 0 Å². The molecule has 0 bridgehead atoms. The second kappa shape index (κ2) is 9.72. The third-order valence-electron chi connectivity index (χ3n) is 2.73. The van der Waals surface area contributed by atoms with Gasteiger partial charge in [0.15, 0.2) is 11.8 Å². The Balaban J connectivity index is 0.00000242. The minimum absolute atomic E-state index is 0. The van der Waals surface area contributed by atoms with Crippen molar-refractivity contribution >= 4 is 41.3 Å². The van der Waals surface area contributed by atoms with E-state index in [9.17, 15) is 0 Å². The van der Waals surface area contributed by atoms with Crippen LogP contribution in [0.25, 0.3) is 0 Å². The molecule has 0 fully saturated rings. The highest BCUT2D eigenvalue weighted by Gasteiger charge is 2.04. The van der Waals surface area contributed by atoms with E-state index >= 15 is 0 Å². The molecule has 2 rings (SSSR count). The molecule has 0 spiro atoms. The van der Waals surface area contributed by atoms with Gasteiger partial charge in [0.25, 0.3) is 0 Å². The summed E-state index contributed by atoms with van der Waals surface area (Å²) in [5.41, 5.74) is 0. The minimum Gasteiger partial charge on any atom is -0.356 e. The van der Waals surface area contributed by atoms with Gasteiger partial charge in [-0.2, -0.15) is 4.98 Å². The van der Waals surface area contributed by atoms with Crippen LogP contribution in [0.1, 0.15) is 28.0 Å². The van der Waals surface area contributed by atoms with E-state index in [-0.39, 0.29) is 24.0 Å². The summed E-state index contributed by atoms with van der Waals surface area (Å²) in [4.78, 5) is 13.9. The highest BCUT2D eigenvalue weighted by atomic mass is 127. The predicted molar refractivity (Wildman–Crippen MR) is 97.8 cm³/mol. The summed E-state index contributed by atoms with van der Waals surface area (Å²) in [7, 11) is 1.75. The zero-order chi connectivity index (χ0) is 15.1. The lowest BCUT2D eigenvalue weighted by Gasteiger charge is -2.10. The van der Waals surface area contributed by atoms with Crippen molar-refractivity contribution in [3.8, 4) is 0 Å². The van der Waals surface area contributed by atoms with Crippen LogP contribution in [0.15, 0.2) is 15.7 Å². The number of hydrogen-bond donors (Lipinski definition) is 2. The number of rotatable bonds is 6. The molecule has 0 amide bonds. The van der Waals surface area contributed by atoms with Crippen LogP contribution < -0.4 is 10.6 Å². The molecule has 0 aliphatic rings. The van der Waals surface area contributed by atoms with Gasteiger partial charge >= 0.3 is 0 Å². The van der Waals surface area contributed by atoms with E-state index in [0.717, 1.165) is 30.4 Å². The number of halogens is 1. The standard InChI is InChI=1S/C13H20N6OS.HI/c1-9-7-16-12(21-9)8-17-13(14-3)15-6-4-5-11-18-10(2)19-20-11;/h7H,4-6,8H2,1-3H3,(H2,14,15,17);1H. The maximum absolute atomic E-state index is 5.06. The minimum atomic E-state index is 0. The van der Waals surface area contributed by atoms with Gasteiger partial charge in [-0.1, -0.05) is 5.16 Å². The molecule has 122 valence electrons. The van der Waals surface area contributed by atoms with Gasteiger partial charge in [-0.3, -0.25) is 4.99 Å². The van der Waals surface area contributed by atoms with Crippen LogP contribution in [0.2, 0.25) is 0 Å². The number of nitrogens with one attached hydrogen (secondary N) is 2. The van der Waals surface area contributed by atoms with Gasteiger partial charge in [-0.15, -0.1) is 35.3 Å². The zero-order valence-electron chi connectivity index (χ0n) is 12.9. The van der Waals surface area contributed by atoms with Crippen molar-refractivity contribution in [3.05, 3.63) is 27.8 Å². The zero-order valence-corrected chi connectivity index (χ0v) is 16.1. The molecule has 2 aromatic heterocycles. The molecule has 2 heterocycles. The first-order valence-electron chi connectivity index (χ1n) is 6.82. The largest absolute Gasteiger partial charge is 0.356 e. The first-order chi connectivity index (χ1) is 10.2. The van der Waals surface area contributed by atoms with Crippen LogP contribution in [0.3, 0.4) is 0 Å². The predicted octanol–water partition coefficient (Wildman–Crippen LogP) is 2.06. The molecule has 0 atom stereocenters. The molecule has 0 aromatic carbocycles. The highest BCUT2D eigenvalue weighted by Crippen LogP contribution is 2.10. The number of hydrogen-bond acceptors (Lipinski definition) is 6. The van der Waals surface area contributed by atoms with Crippen LogP contribution >= 0.6 is 35.3 Å². The molecular weight excluding hydrogens is 415 g/mol. The van der Waals surface area contributed by atoms with Crippen LogP contribution in [-0.4, -0.2) is 34.7 Å². The molecule has 7 nitrogen and oxygen atoms in total. The maximum Gasteiger partial charge on any atom is 0.226 e. The van der Waals surface area contributed by atoms with Crippen molar-refractivity contribution in [2.75, 3.05) is 13.6 Å². The van der Waals surface area contributed by atoms with E-state index < -0.39 is 0 Å². The van der Waals surface area contributed by atoms with Crippen molar-refractivity contribution in [2.24, 2.45) is 4.99 Å². The molecule has 0 radical (unpaired) electrons. The van der Waals surface area contributed by atoms with Gasteiger partial charge in [0.05, 0.1) is 6.54 Å².